The first-order valence-corrected chi connectivity index (χ1v) is 9.13. The van der Waals surface area contributed by atoms with E-state index in [1.807, 2.05) is 37.3 Å². The summed E-state index contributed by atoms with van der Waals surface area (Å²) < 4.78 is 5.83. The lowest BCUT2D eigenvalue weighted by atomic mass is 10.1. The minimum Gasteiger partial charge on any atom is -0.456 e. The van der Waals surface area contributed by atoms with Gasteiger partial charge < -0.3 is 4.42 Å². The Labute approximate surface area is 167 Å². The Kier molecular flexibility index (Phi) is 5.03. The van der Waals surface area contributed by atoms with Gasteiger partial charge in [-0.15, -0.1) is 0 Å². The molecule has 1 aromatic heterocycles. The van der Waals surface area contributed by atoms with E-state index in [9.17, 15) is 9.59 Å². The van der Waals surface area contributed by atoms with E-state index in [-0.39, 0.29) is 11.3 Å². The smallest absolute Gasteiger partial charge is 0.271 e. The van der Waals surface area contributed by atoms with Crippen LogP contribution in [0, 0.1) is 6.92 Å². The standard InChI is InChI=1S/C24H18N2O3/c1-16-6-8-17(9-7-16)15-25-26-24(28)19-12-10-18(11-13-19)23-14-21(27)20-4-2-3-5-22(20)29-23/h2-15H,1H3,(H,26,28)/b25-15+. The Morgan fingerprint density at radius 1 is 0.966 bits per heavy atom. The number of carbonyl (C=O) groups excluding carboxylic acids is 1. The molecule has 0 saturated carbocycles. The molecule has 1 heterocycles. The fourth-order valence-electron chi connectivity index (χ4n) is 2.91. The molecule has 142 valence electrons. The van der Waals surface area contributed by atoms with Gasteiger partial charge in [0.15, 0.2) is 5.43 Å². The second kappa shape index (κ2) is 7.94. The van der Waals surface area contributed by atoms with Crippen LogP contribution in [0.3, 0.4) is 0 Å². The van der Waals surface area contributed by atoms with Crippen LogP contribution in [-0.2, 0) is 0 Å². The zero-order chi connectivity index (χ0) is 20.2. The van der Waals surface area contributed by atoms with Crippen LogP contribution in [0.2, 0.25) is 0 Å². The third-order valence-electron chi connectivity index (χ3n) is 4.52. The Morgan fingerprint density at radius 3 is 2.45 bits per heavy atom. The van der Waals surface area contributed by atoms with E-state index in [2.05, 4.69) is 10.5 Å². The van der Waals surface area contributed by atoms with Gasteiger partial charge in [-0.3, -0.25) is 9.59 Å². The van der Waals surface area contributed by atoms with Gasteiger partial charge in [0.05, 0.1) is 11.6 Å². The molecule has 0 spiro atoms. The Balaban J connectivity index is 1.49. The van der Waals surface area contributed by atoms with Crippen molar-refractivity contribution in [3.05, 3.63) is 106 Å². The molecular formula is C24H18N2O3. The number of carbonyl (C=O) groups is 1. The lowest BCUT2D eigenvalue weighted by Gasteiger charge is -2.05. The maximum Gasteiger partial charge on any atom is 0.271 e. The van der Waals surface area contributed by atoms with Crippen LogP contribution < -0.4 is 10.9 Å². The third-order valence-corrected chi connectivity index (χ3v) is 4.52. The van der Waals surface area contributed by atoms with Crippen molar-refractivity contribution in [2.45, 2.75) is 6.92 Å². The summed E-state index contributed by atoms with van der Waals surface area (Å²) in [5.74, 6) is 0.137. The van der Waals surface area contributed by atoms with Gasteiger partial charge in [-0.2, -0.15) is 5.10 Å². The Bertz CT molecular complexity index is 1250. The molecule has 0 unspecified atom stereocenters. The number of nitrogens with zero attached hydrogens (tertiary/aromatic N) is 1. The molecule has 4 rings (SSSR count). The van der Waals surface area contributed by atoms with Crippen molar-refractivity contribution in [3.63, 3.8) is 0 Å². The monoisotopic (exact) mass is 382 g/mol. The van der Waals surface area contributed by atoms with Crippen molar-refractivity contribution in [2.75, 3.05) is 0 Å². The second-order valence-electron chi connectivity index (χ2n) is 6.66. The van der Waals surface area contributed by atoms with E-state index in [0.717, 1.165) is 11.1 Å². The van der Waals surface area contributed by atoms with Crippen LogP contribution in [0.25, 0.3) is 22.3 Å². The highest BCUT2D eigenvalue weighted by Crippen LogP contribution is 2.22. The molecule has 0 bridgehead atoms. The van der Waals surface area contributed by atoms with Gasteiger partial charge in [-0.1, -0.05) is 54.1 Å². The van der Waals surface area contributed by atoms with E-state index in [0.29, 0.717) is 27.9 Å². The average molecular weight is 382 g/mol. The number of hydrogen-bond acceptors (Lipinski definition) is 4. The first kappa shape index (κ1) is 18.4. The van der Waals surface area contributed by atoms with Crippen molar-refractivity contribution in [3.8, 4) is 11.3 Å². The number of hydrazone groups is 1. The number of nitrogens with one attached hydrogen (secondary N) is 1. The second-order valence-corrected chi connectivity index (χ2v) is 6.66. The lowest BCUT2D eigenvalue weighted by Crippen LogP contribution is -2.17. The molecular weight excluding hydrogens is 364 g/mol. The number of fused-ring (bicyclic) bond motifs is 1. The summed E-state index contributed by atoms with van der Waals surface area (Å²) in [6.07, 6.45) is 1.59. The van der Waals surface area contributed by atoms with Crippen molar-refractivity contribution in [2.24, 2.45) is 5.10 Å². The highest BCUT2D eigenvalue weighted by molar-refractivity contribution is 5.95. The van der Waals surface area contributed by atoms with Gasteiger partial charge in [0.2, 0.25) is 0 Å². The predicted octanol–water partition coefficient (Wildman–Crippen LogP) is 4.53. The molecule has 0 atom stereocenters. The van der Waals surface area contributed by atoms with Gasteiger partial charge >= 0.3 is 0 Å². The number of hydrogen-bond donors (Lipinski definition) is 1. The van der Waals surface area contributed by atoms with Crippen molar-refractivity contribution in [1.82, 2.24) is 5.43 Å². The molecule has 1 amide bonds. The average Bonchev–Trinajstić information content (AvgIpc) is 2.75. The number of amides is 1. The van der Waals surface area contributed by atoms with Gasteiger partial charge in [0.1, 0.15) is 11.3 Å². The van der Waals surface area contributed by atoms with E-state index < -0.39 is 0 Å². The highest BCUT2D eigenvalue weighted by atomic mass is 16.3. The number of rotatable bonds is 4. The first-order chi connectivity index (χ1) is 14.1. The predicted molar refractivity (Wildman–Crippen MR) is 114 cm³/mol. The van der Waals surface area contributed by atoms with Gasteiger partial charge in [0, 0.05) is 17.2 Å². The minimum absolute atomic E-state index is 0.103. The van der Waals surface area contributed by atoms with Crippen LogP contribution in [0.15, 0.2) is 93.2 Å². The summed E-state index contributed by atoms with van der Waals surface area (Å²) in [5.41, 5.74) is 6.17. The maximum absolute atomic E-state index is 12.3. The molecule has 3 aromatic carbocycles. The summed E-state index contributed by atoms with van der Waals surface area (Å²) >= 11 is 0. The molecule has 5 nitrogen and oxygen atoms in total. The fourth-order valence-corrected chi connectivity index (χ4v) is 2.91. The summed E-state index contributed by atoms with van der Waals surface area (Å²) in [5, 5.41) is 4.53. The van der Waals surface area contributed by atoms with Crippen LogP contribution in [0.4, 0.5) is 0 Å². The third kappa shape index (κ3) is 4.14. The van der Waals surface area contributed by atoms with Gasteiger partial charge in [-0.25, -0.2) is 5.43 Å². The molecule has 0 aliphatic heterocycles. The molecule has 1 N–H and O–H groups in total. The lowest BCUT2D eigenvalue weighted by molar-refractivity contribution is 0.0955. The number of aryl methyl sites for hydroxylation is 1. The molecule has 29 heavy (non-hydrogen) atoms. The quantitative estimate of drug-likeness (QED) is 0.416. The van der Waals surface area contributed by atoms with E-state index >= 15 is 0 Å². The number of benzene rings is 3. The van der Waals surface area contributed by atoms with Crippen LogP contribution in [0.5, 0.6) is 0 Å². The molecule has 0 radical (unpaired) electrons. The molecule has 5 heteroatoms. The molecule has 0 saturated heterocycles. The molecule has 0 aliphatic rings. The molecule has 4 aromatic rings. The largest absolute Gasteiger partial charge is 0.456 e. The zero-order valence-corrected chi connectivity index (χ0v) is 15.8. The topological polar surface area (TPSA) is 71.7 Å². The van der Waals surface area contributed by atoms with Crippen molar-refractivity contribution < 1.29 is 9.21 Å². The summed E-state index contributed by atoms with van der Waals surface area (Å²) in [7, 11) is 0. The van der Waals surface area contributed by atoms with Crippen molar-refractivity contribution in [1.29, 1.82) is 0 Å². The van der Waals surface area contributed by atoms with E-state index in [1.54, 1.807) is 48.7 Å². The number of para-hydroxylation sites is 1. The maximum atomic E-state index is 12.3. The summed E-state index contributed by atoms with van der Waals surface area (Å²) in [6, 6.07) is 23.2. The SMILES string of the molecule is Cc1ccc(/C=N/NC(=O)c2ccc(-c3cc(=O)c4ccccc4o3)cc2)cc1. The van der Waals surface area contributed by atoms with E-state index in [1.165, 1.54) is 6.07 Å². The zero-order valence-electron chi connectivity index (χ0n) is 15.8. The summed E-state index contributed by atoms with van der Waals surface area (Å²) in [6.45, 7) is 2.01. The van der Waals surface area contributed by atoms with Crippen molar-refractivity contribution >= 4 is 23.1 Å². The van der Waals surface area contributed by atoms with Gasteiger partial charge in [-0.05, 0) is 36.8 Å². The van der Waals surface area contributed by atoms with Crippen LogP contribution >= 0.6 is 0 Å². The Morgan fingerprint density at radius 2 is 1.69 bits per heavy atom. The fraction of sp³-hybridized carbons (Fsp3) is 0.0417. The minimum atomic E-state index is -0.320. The highest BCUT2D eigenvalue weighted by Gasteiger charge is 2.09. The normalized spacial score (nSPS) is 11.1. The molecule has 0 aliphatic carbocycles. The van der Waals surface area contributed by atoms with E-state index in [4.69, 9.17) is 4.42 Å². The Hall–Kier alpha value is -3.99. The first-order valence-electron chi connectivity index (χ1n) is 9.13. The summed E-state index contributed by atoms with van der Waals surface area (Å²) in [4.78, 5) is 24.5. The van der Waals surface area contributed by atoms with Crippen LogP contribution in [-0.4, -0.2) is 12.1 Å². The van der Waals surface area contributed by atoms with Crippen LogP contribution in [0.1, 0.15) is 21.5 Å². The van der Waals surface area contributed by atoms with Gasteiger partial charge in [0.25, 0.3) is 5.91 Å². The molecule has 0 fully saturated rings.